The molecule has 0 heterocycles. The van der Waals surface area contributed by atoms with E-state index in [0.29, 0.717) is 6.42 Å². The van der Waals surface area contributed by atoms with Crippen molar-refractivity contribution in [2.75, 3.05) is 7.11 Å². The summed E-state index contributed by atoms with van der Waals surface area (Å²) in [6.45, 7) is 0. The zero-order valence-corrected chi connectivity index (χ0v) is 12.3. The van der Waals surface area contributed by atoms with Crippen LogP contribution < -0.4 is 0 Å². The number of rotatable bonds is 4. The Labute approximate surface area is 117 Å². The summed E-state index contributed by atoms with van der Waals surface area (Å²) in [5.41, 5.74) is 0.879. The molecule has 2 nitrogen and oxygen atoms in total. The van der Waals surface area contributed by atoms with Crippen LogP contribution in [-0.2, 0) is 11.2 Å². The van der Waals surface area contributed by atoms with Gasteiger partial charge in [0, 0.05) is 17.1 Å². The standard InChI is InChI=1S/C14H19IO2/c1-17-14(8-2-3-9-14)13(16)10-11-4-6-12(15)7-5-11/h4-7,13,16H,2-3,8-10H2,1H3. The van der Waals surface area contributed by atoms with Gasteiger partial charge in [0.1, 0.15) is 0 Å². The molecule has 0 aliphatic heterocycles. The Morgan fingerprint density at radius 3 is 2.41 bits per heavy atom. The fraction of sp³-hybridized carbons (Fsp3) is 0.571. The lowest BCUT2D eigenvalue weighted by Crippen LogP contribution is -2.42. The molecule has 1 atom stereocenters. The van der Waals surface area contributed by atoms with Gasteiger partial charge in [-0.25, -0.2) is 0 Å². The van der Waals surface area contributed by atoms with Crippen molar-refractivity contribution in [3.63, 3.8) is 0 Å². The normalized spacial score (nSPS) is 20.4. The number of ether oxygens (including phenoxy) is 1. The molecule has 1 aromatic carbocycles. The van der Waals surface area contributed by atoms with Crippen molar-refractivity contribution in [3.8, 4) is 0 Å². The van der Waals surface area contributed by atoms with Crippen LogP contribution in [0.25, 0.3) is 0 Å². The molecular formula is C14H19IO2. The third-order valence-electron chi connectivity index (χ3n) is 3.81. The summed E-state index contributed by atoms with van der Waals surface area (Å²) in [5.74, 6) is 0. The molecule has 0 spiro atoms. The predicted octanol–water partition coefficient (Wildman–Crippen LogP) is 3.15. The number of hydrogen-bond donors (Lipinski definition) is 1. The SMILES string of the molecule is COC1(C(O)Cc2ccc(I)cc2)CCCC1. The summed E-state index contributed by atoms with van der Waals surface area (Å²) in [4.78, 5) is 0. The van der Waals surface area contributed by atoms with Crippen LogP contribution in [0.4, 0.5) is 0 Å². The minimum Gasteiger partial charge on any atom is -0.390 e. The second-order valence-corrected chi connectivity index (χ2v) is 6.07. The minimum atomic E-state index is -0.393. The molecule has 0 amide bonds. The second-order valence-electron chi connectivity index (χ2n) is 4.82. The number of halogens is 1. The highest BCUT2D eigenvalue weighted by Gasteiger charge is 2.40. The van der Waals surface area contributed by atoms with Crippen molar-refractivity contribution in [1.29, 1.82) is 0 Å². The van der Waals surface area contributed by atoms with E-state index in [1.807, 2.05) is 0 Å². The van der Waals surface area contributed by atoms with Crippen LogP contribution in [0.1, 0.15) is 31.2 Å². The van der Waals surface area contributed by atoms with Crippen molar-refractivity contribution in [2.24, 2.45) is 0 Å². The molecular weight excluding hydrogens is 327 g/mol. The van der Waals surface area contributed by atoms with Gasteiger partial charge in [-0.2, -0.15) is 0 Å². The fourth-order valence-electron chi connectivity index (χ4n) is 2.68. The fourth-order valence-corrected chi connectivity index (χ4v) is 3.04. The lowest BCUT2D eigenvalue weighted by Gasteiger charge is -2.33. The Morgan fingerprint density at radius 2 is 1.88 bits per heavy atom. The molecule has 1 fully saturated rings. The van der Waals surface area contributed by atoms with E-state index in [1.165, 1.54) is 9.13 Å². The predicted molar refractivity (Wildman–Crippen MR) is 77.1 cm³/mol. The van der Waals surface area contributed by atoms with Gasteiger partial charge in [-0.1, -0.05) is 25.0 Å². The quantitative estimate of drug-likeness (QED) is 0.849. The summed E-state index contributed by atoms with van der Waals surface area (Å²) in [6.07, 6.45) is 4.58. The lowest BCUT2D eigenvalue weighted by molar-refractivity contribution is -0.0971. The third-order valence-corrected chi connectivity index (χ3v) is 4.53. The van der Waals surface area contributed by atoms with Crippen molar-refractivity contribution in [3.05, 3.63) is 33.4 Å². The lowest BCUT2D eigenvalue weighted by atomic mass is 9.90. The van der Waals surface area contributed by atoms with E-state index in [1.54, 1.807) is 7.11 Å². The van der Waals surface area contributed by atoms with Crippen molar-refractivity contribution in [2.45, 2.75) is 43.8 Å². The first-order valence-corrected chi connectivity index (χ1v) is 7.22. The van der Waals surface area contributed by atoms with E-state index in [9.17, 15) is 5.11 Å². The number of methoxy groups -OCH3 is 1. The number of aliphatic hydroxyl groups excluding tert-OH is 1. The molecule has 1 aromatic rings. The minimum absolute atomic E-state index is 0.303. The molecule has 2 rings (SSSR count). The van der Waals surface area contributed by atoms with E-state index in [-0.39, 0.29) is 5.60 Å². The Hall–Kier alpha value is -0.130. The third kappa shape index (κ3) is 3.01. The summed E-state index contributed by atoms with van der Waals surface area (Å²) in [6, 6.07) is 8.33. The van der Waals surface area contributed by atoms with Crippen LogP contribution in [0.2, 0.25) is 0 Å². The van der Waals surface area contributed by atoms with Gasteiger partial charge in [-0.15, -0.1) is 0 Å². The van der Waals surface area contributed by atoms with Crippen LogP contribution in [0.15, 0.2) is 24.3 Å². The molecule has 1 N–H and O–H groups in total. The summed E-state index contributed by atoms with van der Waals surface area (Å²) in [7, 11) is 1.72. The molecule has 0 bridgehead atoms. The average molecular weight is 346 g/mol. The Morgan fingerprint density at radius 1 is 1.29 bits per heavy atom. The molecule has 0 saturated heterocycles. The molecule has 1 unspecified atom stereocenters. The van der Waals surface area contributed by atoms with Crippen LogP contribution in [0.5, 0.6) is 0 Å². The maximum Gasteiger partial charge on any atom is 0.0939 e. The Kier molecular flexibility index (Phi) is 4.44. The van der Waals surface area contributed by atoms with Gasteiger partial charge in [0.15, 0.2) is 0 Å². The summed E-state index contributed by atoms with van der Waals surface area (Å²) >= 11 is 2.29. The van der Waals surface area contributed by atoms with Gasteiger partial charge in [0.05, 0.1) is 11.7 Å². The van der Waals surface area contributed by atoms with Gasteiger partial charge in [0.2, 0.25) is 0 Å². The van der Waals surface area contributed by atoms with Gasteiger partial charge in [-0.05, 0) is 53.1 Å². The topological polar surface area (TPSA) is 29.5 Å². The van der Waals surface area contributed by atoms with E-state index < -0.39 is 6.10 Å². The van der Waals surface area contributed by atoms with Crippen LogP contribution in [0, 0.1) is 3.57 Å². The number of aliphatic hydroxyl groups is 1. The van der Waals surface area contributed by atoms with Gasteiger partial charge >= 0.3 is 0 Å². The zero-order chi connectivity index (χ0) is 12.3. The Balaban J connectivity index is 2.05. The monoisotopic (exact) mass is 346 g/mol. The molecule has 1 aliphatic carbocycles. The van der Waals surface area contributed by atoms with Crippen molar-refractivity contribution >= 4 is 22.6 Å². The summed E-state index contributed by atoms with van der Waals surface area (Å²) < 4.78 is 6.83. The smallest absolute Gasteiger partial charge is 0.0939 e. The van der Waals surface area contributed by atoms with Crippen LogP contribution >= 0.6 is 22.6 Å². The number of hydrogen-bond acceptors (Lipinski definition) is 2. The number of benzene rings is 1. The van der Waals surface area contributed by atoms with Crippen LogP contribution in [-0.4, -0.2) is 23.9 Å². The molecule has 94 valence electrons. The molecule has 1 aliphatic rings. The zero-order valence-electron chi connectivity index (χ0n) is 10.2. The largest absolute Gasteiger partial charge is 0.390 e. The van der Waals surface area contributed by atoms with Crippen molar-refractivity contribution < 1.29 is 9.84 Å². The Bertz CT molecular complexity index is 355. The first kappa shape index (κ1) is 13.3. The second kappa shape index (κ2) is 5.67. The van der Waals surface area contributed by atoms with Crippen molar-refractivity contribution in [1.82, 2.24) is 0 Å². The van der Waals surface area contributed by atoms with E-state index in [4.69, 9.17) is 4.74 Å². The maximum atomic E-state index is 10.4. The highest BCUT2D eigenvalue weighted by atomic mass is 127. The maximum absolute atomic E-state index is 10.4. The molecule has 1 saturated carbocycles. The van der Waals surface area contributed by atoms with E-state index in [2.05, 4.69) is 46.9 Å². The van der Waals surface area contributed by atoms with E-state index >= 15 is 0 Å². The molecule has 3 heteroatoms. The van der Waals surface area contributed by atoms with E-state index in [0.717, 1.165) is 25.7 Å². The molecule has 0 aromatic heterocycles. The highest BCUT2D eigenvalue weighted by Crippen LogP contribution is 2.36. The molecule has 17 heavy (non-hydrogen) atoms. The van der Waals surface area contributed by atoms with Crippen LogP contribution in [0.3, 0.4) is 0 Å². The average Bonchev–Trinajstić information content (AvgIpc) is 2.82. The summed E-state index contributed by atoms with van der Waals surface area (Å²) in [5, 5.41) is 10.4. The molecule has 0 radical (unpaired) electrons. The van der Waals surface area contributed by atoms with Gasteiger partial charge in [-0.3, -0.25) is 0 Å². The van der Waals surface area contributed by atoms with Gasteiger partial charge in [0.25, 0.3) is 0 Å². The first-order valence-electron chi connectivity index (χ1n) is 6.14. The van der Waals surface area contributed by atoms with Gasteiger partial charge < -0.3 is 9.84 Å². The highest BCUT2D eigenvalue weighted by molar-refractivity contribution is 14.1. The first-order chi connectivity index (χ1) is 8.16.